The highest BCUT2D eigenvalue weighted by Gasteiger charge is 2.48. The molecule has 3 aliphatic rings. The van der Waals surface area contributed by atoms with E-state index in [1.807, 2.05) is 48.5 Å². The average Bonchev–Trinajstić information content (AvgIpc) is 2.56. The van der Waals surface area contributed by atoms with E-state index in [0.717, 1.165) is 17.0 Å². The maximum atomic E-state index is 9.56. The minimum absolute atomic E-state index is 0.158. The molecule has 0 unspecified atom stereocenters. The summed E-state index contributed by atoms with van der Waals surface area (Å²) in [6, 6.07) is 17.2. The van der Waals surface area contributed by atoms with E-state index in [4.69, 9.17) is 4.74 Å². The zero-order valence-corrected chi connectivity index (χ0v) is 15.0. The average molecular weight is 324 g/mol. The third kappa shape index (κ3) is 3.64. The lowest BCUT2D eigenvalue weighted by Gasteiger charge is -2.54. The Labute approximate surface area is 145 Å². The lowest BCUT2D eigenvalue weighted by molar-refractivity contribution is -0.229. The summed E-state index contributed by atoms with van der Waals surface area (Å²) in [5, 5.41) is 9.56. The van der Waals surface area contributed by atoms with Gasteiger partial charge in [-0.25, -0.2) is 0 Å². The van der Waals surface area contributed by atoms with Crippen LogP contribution in [0.1, 0.15) is 46.5 Å². The lowest BCUT2D eigenvalue weighted by atomic mass is 9.69. The van der Waals surface area contributed by atoms with Gasteiger partial charge in [0.25, 0.3) is 0 Å². The Morgan fingerprint density at radius 1 is 0.875 bits per heavy atom. The molecule has 0 atom stereocenters. The quantitative estimate of drug-likeness (QED) is 0.718. The molecule has 2 heterocycles. The monoisotopic (exact) mass is 324 g/mol. The van der Waals surface area contributed by atoms with Gasteiger partial charge in [-0.3, -0.25) is 0 Å². The second kappa shape index (κ2) is 6.60. The van der Waals surface area contributed by atoms with Gasteiger partial charge in [0.1, 0.15) is 5.75 Å². The third-order valence-electron chi connectivity index (χ3n) is 5.52. The molecule has 0 radical (unpaired) electrons. The van der Waals surface area contributed by atoms with Crippen LogP contribution in [0.3, 0.4) is 0 Å². The molecular formula is C22H28O2. The minimum atomic E-state index is 0.158. The van der Waals surface area contributed by atoms with E-state index in [0.29, 0.717) is 5.75 Å². The molecule has 128 valence electrons. The minimum Gasteiger partial charge on any atom is -0.507 e. The van der Waals surface area contributed by atoms with Gasteiger partial charge in [-0.1, -0.05) is 48.5 Å². The fraction of sp³-hybridized carbons (Fsp3) is 0.455. The van der Waals surface area contributed by atoms with Gasteiger partial charge >= 0.3 is 0 Å². The standard InChI is InChI=1S/C12H10O.C10H18O/c13-12-9-5-4-8-11(12)10-6-2-1-3-7-10;1-9(2)8-4-6-10(3,11-9)7-5-8/h1-9,13H;8H,4-7H2,1-3H3. The molecule has 2 heteroatoms. The van der Waals surface area contributed by atoms with Crippen molar-refractivity contribution in [1.82, 2.24) is 0 Å². The molecule has 3 fully saturated rings. The Morgan fingerprint density at radius 3 is 1.96 bits per heavy atom. The number of aromatic hydroxyl groups is 1. The zero-order valence-electron chi connectivity index (χ0n) is 15.0. The molecule has 1 N–H and O–H groups in total. The van der Waals surface area contributed by atoms with Crippen molar-refractivity contribution in [2.24, 2.45) is 5.92 Å². The van der Waals surface area contributed by atoms with E-state index in [-0.39, 0.29) is 11.2 Å². The van der Waals surface area contributed by atoms with Crippen molar-refractivity contribution >= 4 is 0 Å². The van der Waals surface area contributed by atoms with Crippen LogP contribution in [-0.2, 0) is 4.74 Å². The number of hydrogen-bond acceptors (Lipinski definition) is 2. The second-order valence-electron chi connectivity index (χ2n) is 7.81. The summed E-state index contributed by atoms with van der Waals surface area (Å²) in [5.41, 5.74) is 2.30. The van der Waals surface area contributed by atoms with Crippen molar-refractivity contribution in [3.63, 3.8) is 0 Å². The fourth-order valence-corrected chi connectivity index (χ4v) is 4.08. The number of phenolic OH excluding ortho intramolecular Hbond substituents is 1. The SMILES string of the molecule is CC12CCC(CC1)C(C)(C)O2.Oc1ccccc1-c1ccccc1. The summed E-state index contributed by atoms with van der Waals surface area (Å²) >= 11 is 0. The lowest BCUT2D eigenvalue weighted by Crippen LogP contribution is -2.53. The zero-order chi connectivity index (χ0) is 17.2. The van der Waals surface area contributed by atoms with Gasteiger partial charge in [-0.05, 0) is 64.0 Å². The largest absolute Gasteiger partial charge is 0.507 e. The Hall–Kier alpha value is -1.80. The third-order valence-corrected chi connectivity index (χ3v) is 5.52. The molecule has 2 aromatic rings. The van der Waals surface area contributed by atoms with Gasteiger partial charge < -0.3 is 9.84 Å². The number of phenols is 1. The van der Waals surface area contributed by atoms with Crippen LogP contribution < -0.4 is 0 Å². The molecule has 2 nitrogen and oxygen atoms in total. The van der Waals surface area contributed by atoms with Crippen LogP contribution in [-0.4, -0.2) is 16.3 Å². The summed E-state index contributed by atoms with van der Waals surface area (Å²) in [5.74, 6) is 1.15. The Morgan fingerprint density at radius 2 is 1.46 bits per heavy atom. The fourth-order valence-electron chi connectivity index (χ4n) is 4.08. The van der Waals surface area contributed by atoms with Crippen LogP contribution in [0.2, 0.25) is 0 Å². The summed E-state index contributed by atoms with van der Waals surface area (Å²) < 4.78 is 6.06. The van der Waals surface area contributed by atoms with E-state index < -0.39 is 0 Å². The molecule has 0 amide bonds. The number of hydrogen-bond donors (Lipinski definition) is 1. The van der Waals surface area contributed by atoms with Crippen LogP contribution in [0.4, 0.5) is 0 Å². The molecule has 2 aliphatic heterocycles. The van der Waals surface area contributed by atoms with Crippen molar-refractivity contribution in [2.75, 3.05) is 0 Å². The smallest absolute Gasteiger partial charge is 0.123 e. The van der Waals surface area contributed by atoms with Crippen LogP contribution in [0, 0.1) is 5.92 Å². The molecule has 5 rings (SSSR count). The first-order valence-electron chi connectivity index (χ1n) is 8.93. The highest BCUT2D eigenvalue weighted by atomic mass is 16.5. The topological polar surface area (TPSA) is 29.5 Å². The maximum Gasteiger partial charge on any atom is 0.123 e. The Bertz CT molecular complexity index is 665. The first-order chi connectivity index (χ1) is 11.4. The van der Waals surface area contributed by atoms with Gasteiger partial charge in [0.05, 0.1) is 11.2 Å². The molecule has 2 aromatic carbocycles. The predicted octanol–water partition coefficient (Wildman–Crippen LogP) is 5.80. The predicted molar refractivity (Wildman–Crippen MR) is 99.1 cm³/mol. The molecule has 2 bridgehead atoms. The number of para-hydroxylation sites is 1. The number of benzene rings is 2. The van der Waals surface area contributed by atoms with Gasteiger partial charge in [0.15, 0.2) is 0 Å². The van der Waals surface area contributed by atoms with Crippen LogP contribution >= 0.6 is 0 Å². The van der Waals surface area contributed by atoms with Crippen molar-refractivity contribution < 1.29 is 9.84 Å². The Balaban J connectivity index is 0.000000143. The highest BCUT2D eigenvalue weighted by molar-refractivity contribution is 5.69. The highest BCUT2D eigenvalue weighted by Crippen LogP contribution is 2.49. The van der Waals surface area contributed by atoms with Crippen LogP contribution in [0.15, 0.2) is 54.6 Å². The number of ether oxygens (including phenoxy) is 1. The Kier molecular flexibility index (Phi) is 4.69. The van der Waals surface area contributed by atoms with Crippen LogP contribution in [0.5, 0.6) is 5.75 Å². The van der Waals surface area contributed by atoms with Crippen molar-refractivity contribution in [1.29, 1.82) is 0 Å². The molecule has 1 saturated carbocycles. The number of rotatable bonds is 1. The van der Waals surface area contributed by atoms with Crippen molar-refractivity contribution in [3.8, 4) is 16.9 Å². The summed E-state index contributed by atoms with van der Waals surface area (Å²) in [6.07, 6.45) is 5.31. The molecule has 0 spiro atoms. The second-order valence-corrected chi connectivity index (χ2v) is 7.81. The molecule has 2 saturated heterocycles. The first-order valence-corrected chi connectivity index (χ1v) is 8.93. The van der Waals surface area contributed by atoms with E-state index in [1.165, 1.54) is 25.7 Å². The van der Waals surface area contributed by atoms with Gasteiger partial charge in [-0.15, -0.1) is 0 Å². The molecule has 1 aliphatic carbocycles. The molecular weight excluding hydrogens is 296 g/mol. The van der Waals surface area contributed by atoms with E-state index in [1.54, 1.807) is 6.07 Å². The van der Waals surface area contributed by atoms with Crippen molar-refractivity contribution in [2.45, 2.75) is 57.7 Å². The van der Waals surface area contributed by atoms with Gasteiger partial charge in [0.2, 0.25) is 0 Å². The van der Waals surface area contributed by atoms with Crippen LogP contribution in [0.25, 0.3) is 11.1 Å². The summed E-state index contributed by atoms with van der Waals surface area (Å²) in [7, 11) is 0. The van der Waals surface area contributed by atoms with E-state index in [2.05, 4.69) is 20.8 Å². The van der Waals surface area contributed by atoms with E-state index >= 15 is 0 Å². The van der Waals surface area contributed by atoms with Gasteiger partial charge in [0, 0.05) is 5.56 Å². The first kappa shape index (κ1) is 17.0. The van der Waals surface area contributed by atoms with Crippen molar-refractivity contribution in [3.05, 3.63) is 54.6 Å². The van der Waals surface area contributed by atoms with E-state index in [9.17, 15) is 5.11 Å². The molecule has 0 aromatic heterocycles. The molecule has 24 heavy (non-hydrogen) atoms. The van der Waals surface area contributed by atoms with Gasteiger partial charge in [-0.2, -0.15) is 0 Å². The maximum absolute atomic E-state index is 9.56. The number of fused-ring (bicyclic) bond motifs is 3. The summed E-state index contributed by atoms with van der Waals surface area (Å²) in [4.78, 5) is 0. The normalized spacial score (nSPS) is 27.2. The summed E-state index contributed by atoms with van der Waals surface area (Å²) in [6.45, 7) is 6.76.